The minimum Gasteiger partial charge on any atom is -0.481 e. The van der Waals surface area contributed by atoms with Crippen molar-refractivity contribution in [2.75, 3.05) is 7.11 Å². The molecule has 0 aliphatic heterocycles. The number of ether oxygens (including phenoxy) is 1. The fraction of sp³-hybridized carbons (Fsp3) is 0.250. The number of halogens is 3. The fourth-order valence-corrected chi connectivity index (χ4v) is 1.21. The Morgan fingerprint density at radius 3 is 2.71 bits per heavy atom. The summed E-state index contributed by atoms with van der Waals surface area (Å²) in [4.78, 5) is 14.0. The van der Waals surface area contributed by atoms with Crippen molar-refractivity contribution in [1.29, 1.82) is 0 Å². The summed E-state index contributed by atoms with van der Waals surface area (Å²) in [5, 5.41) is -0.415. The predicted octanol–water partition coefficient (Wildman–Crippen LogP) is 2.49. The van der Waals surface area contributed by atoms with Gasteiger partial charge in [-0.2, -0.15) is 0 Å². The van der Waals surface area contributed by atoms with E-state index in [4.69, 9.17) is 11.6 Å². The van der Waals surface area contributed by atoms with Crippen LogP contribution in [0.25, 0.3) is 0 Å². The van der Waals surface area contributed by atoms with Crippen LogP contribution in [0.5, 0.6) is 5.88 Å². The molecule has 0 unspecified atom stereocenters. The van der Waals surface area contributed by atoms with Crippen LogP contribution in [0.4, 0.5) is 8.78 Å². The van der Waals surface area contributed by atoms with E-state index in [1.165, 1.54) is 7.11 Å². The molecule has 1 rings (SSSR count). The molecule has 0 atom stereocenters. The number of carbonyl (C=O) groups excluding carboxylic acids is 1. The number of alkyl halides is 2. The van der Waals surface area contributed by atoms with Gasteiger partial charge in [0.15, 0.2) is 6.29 Å². The second kappa shape index (κ2) is 4.32. The summed E-state index contributed by atoms with van der Waals surface area (Å²) in [5.74, 6) is 0.0292. The molecule has 1 heterocycles. The summed E-state index contributed by atoms with van der Waals surface area (Å²) in [6.07, 6.45) is -2.54. The summed E-state index contributed by atoms with van der Waals surface area (Å²) in [5.41, 5.74) is -0.778. The van der Waals surface area contributed by atoms with E-state index in [2.05, 4.69) is 9.72 Å². The topological polar surface area (TPSA) is 39.2 Å². The molecule has 0 fully saturated rings. The number of aldehydes is 1. The van der Waals surface area contributed by atoms with Crippen molar-refractivity contribution in [3.05, 3.63) is 22.3 Å². The lowest BCUT2D eigenvalue weighted by atomic mass is 10.1. The van der Waals surface area contributed by atoms with Crippen LogP contribution in [0.1, 0.15) is 22.3 Å². The Labute approximate surface area is 83.7 Å². The van der Waals surface area contributed by atoms with Gasteiger partial charge in [-0.1, -0.05) is 11.6 Å². The average molecular weight is 222 g/mol. The monoisotopic (exact) mass is 221 g/mol. The van der Waals surface area contributed by atoms with Crippen molar-refractivity contribution in [2.24, 2.45) is 0 Å². The molecule has 6 heteroatoms. The first-order valence-corrected chi connectivity index (χ1v) is 3.95. The molecule has 14 heavy (non-hydrogen) atoms. The lowest BCUT2D eigenvalue weighted by Gasteiger charge is -2.07. The van der Waals surface area contributed by atoms with E-state index in [0.717, 1.165) is 6.07 Å². The molecule has 0 aromatic carbocycles. The van der Waals surface area contributed by atoms with Crippen molar-refractivity contribution < 1.29 is 18.3 Å². The Hall–Kier alpha value is -1.23. The lowest BCUT2D eigenvalue weighted by molar-refractivity contribution is 0.110. The molecule has 0 spiro atoms. The normalized spacial score (nSPS) is 10.4. The number of hydrogen-bond donors (Lipinski definition) is 0. The number of carbonyl (C=O) groups is 1. The molecular weight excluding hydrogens is 216 g/mol. The van der Waals surface area contributed by atoms with Crippen molar-refractivity contribution in [3.8, 4) is 5.88 Å². The zero-order valence-electron chi connectivity index (χ0n) is 7.13. The van der Waals surface area contributed by atoms with Gasteiger partial charge in [-0.05, 0) is 0 Å². The van der Waals surface area contributed by atoms with Gasteiger partial charge >= 0.3 is 0 Å². The average Bonchev–Trinajstić information content (AvgIpc) is 2.15. The molecule has 0 saturated carbocycles. The quantitative estimate of drug-likeness (QED) is 0.582. The van der Waals surface area contributed by atoms with Crippen LogP contribution in [0, 0.1) is 0 Å². The number of nitrogens with zero attached hydrogens (tertiary/aromatic N) is 1. The zero-order chi connectivity index (χ0) is 10.7. The minimum absolute atomic E-state index is 0.0292. The smallest absolute Gasteiger partial charge is 0.267 e. The van der Waals surface area contributed by atoms with Crippen LogP contribution in [0.3, 0.4) is 0 Å². The van der Waals surface area contributed by atoms with Crippen LogP contribution >= 0.6 is 11.6 Å². The van der Waals surface area contributed by atoms with Gasteiger partial charge in [0.2, 0.25) is 5.88 Å². The van der Waals surface area contributed by atoms with Crippen LogP contribution in [-0.2, 0) is 0 Å². The van der Waals surface area contributed by atoms with E-state index in [0.29, 0.717) is 0 Å². The first-order chi connectivity index (χ1) is 6.60. The van der Waals surface area contributed by atoms with E-state index < -0.39 is 17.1 Å². The van der Waals surface area contributed by atoms with Crippen LogP contribution in [0.2, 0.25) is 5.15 Å². The molecule has 0 bridgehead atoms. The molecule has 0 radical (unpaired) electrons. The van der Waals surface area contributed by atoms with E-state index in [9.17, 15) is 13.6 Å². The first-order valence-electron chi connectivity index (χ1n) is 3.58. The molecule has 3 nitrogen and oxygen atoms in total. The molecule has 0 amide bonds. The highest BCUT2D eigenvalue weighted by Crippen LogP contribution is 2.30. The highest BCUT2D eigenvalue weighted by Gasteiger charge is 2.19. The third-order valence-electron chi connectivity index (χ3n) is 1.57. The van der Waals surface area contributed by atoms with Crippen molar-refractivity contribution in [3.63, 3.8) is 0 Å². The summed E-state index contributed by atoms with van der Waals surface area (Å²) in [6, 6.07) is 1.11. The summed E-state index contributed by atoms with van der Waals surface area (Å²) in [6.45, 7) is 0. The van der Waals surface area contributed by atoms with Crippen molar-refractivity contribution in [1.82, 2.24) is 4.98 Å². The minimum atomic E-state index is -2.83. The maximum absolute atomic E-state index is 12.4. The second-order valence-electron chi connectivity index (χ2n) is 2.38. The SMILES string of the molecule is COc1cc(C=O)c(C(F)F)c(Cl)n1. The maximum Gasteiger partial charge on any atom is 0.267 e. The molecule has 0 saturated heterocycles. The number of rotatable bonds is 3. The second-order valence-corrected chi connectivity index (χ2v) is 2.73. The largest absolute Gasteiger partial charge is 0.481 e. The fourth-order valence-electron chi connectivity index (χ4n) is 0.937. The van der Waals surface area contributed by atoms with Crippen molar-refractivity contribution >= 4 is 17.9 Å². The van der Waals surface area contributed by atoms with Crippen molar-refractivity contribution in [2.45, 2.75) is 6.43 Å². The third-order valence-corrected chi connectivity index (χ3v) is 1.86. The number of methoxy groups -OCH3 is 1. The Kier molecular flexibility index (Phi) is 3.35. The third kappa shape index (κ3) is 1.98. The Morgan fingerprint density at radius 2 is 2.29 bits per heavy atom. The van der Waals surface area contributed by atoms with Gasteiger partial charge in [0.25, 0.3) is 6.43 Å². The molecule has 0 aliphatic carbocycles. The van der Waals surface area contributed by atoms with E-state index in [-0.39, 0.29) is 17.7 Å². The molecular formula is C8H6ClF2NO2. The standard InChI is InChI=1S/C8H6ClF2NO2/c1-14-5-2-4(3-13)6(8(10)11)7(9)12-5/h2-3,8H,1H3. The Balaban J connectivity index is 3.34. The number of pyridine rings is 1. The Morgan fingerprint density at radius 1 is 1.64 bits per heavy atom. The number of aromatic nitrogens is 1. The van der Waals surface area contributed by atoms with Crippen LogP contribution in [-0.4, -0.2) is 18.4 Å². The molecule has 1 aromatic rings. The van der Waals surface area contributed by atoms with Crippen LogP contribution < -0.4 is 4.74 Å². The van der Waals surface area contributed by atoms with E-state index in [1.54, 1.807) is 0 Å². The van der Waals surface area contributed by atoms with E-state index >= 15 is 0 Å². The first kappa shape index (κ1) is 10.8. The van der Waals surface area contributed by atoms with Gasteiger partial charge in [-0.15, -0.1) is 0 Å². The summed E-state index contributed by atoms with van der Waals surface area (Å²) in [7, 11) is 1.30. The summed E-state index contributed by atoms with van der Waals surface area (Å²) < 4.78 is 29.4. The van der Waals surface area contributed by atoms with Gasteiger partial charge in [0.1, 0.15) is 5.15 Å². The molecule has 1 aromatic heterocycles. The molecule has 76 valence electrons. The van der Waals surface area contributed by atoms with Gasteiger partial charge in [-0.25, -0.2) is 13.8 Å². The van der Waals surface area contributed by atoms with Gasteiger partial charge in [-0.3, -0.25) is 4.79 Å². The van der Waals surface area contributed by atoms with Crippen LogP contribution in [0.15, 0.2) is 6.07 Å². The highest BCUT2D eigenvalue weighted by molar-refractivity contribution is 6.30. The highest BCUT2D eigenvalue weighted by atomic mass is 35.5. The predicted molar refractivity (Wildman–Crippen MR) is 46.1 cm³/mol. The molecule has 0 N–H and O–H groups in total. The van der Waals surface area contributed by atoms with Gasteiger partial charge in [0, 0.05) is 11.6 Å². The molecule has 0 aliphatic rings. The zero-order valence-corrected chi connectivity index (χ0v) is 7.89. The number of hydrogen-bond acceptors (Lipinski definition) is 3. The van der Waals surface area contributed by atoms with E-state index in [1.807, 2.05) is 0 Å². The van der Waals surface area contributed by atoms with Gasteiger partial charge < -0.3 is 4.74 Å². The maximum atomic E-state index is 12.4. The van der Waals surface area contributed by atoms with Gasteiger partial charge in [0.05, 0.1) is 12.7 Å². The lowest BCUT2D eigenvalue weighted by Crippen LogP contribution is -1.99. The Bertz CT molecular complexity index is 357. The summed E-state index contributed by atoms with van der Waals surface area (Å²) >= 11 is 5.46.